The van der Waals surface area contributed by atoms with E-state index in [0.29, 0.717) is 10.8 Å². The molecule has 0 spiro atoms. The van der Waals surface area contributed by atoms with Gasteiger partial charge in [0.2, 0.25) is 5.75 Å². The van der Waals surface area contributed by atoms with Gasteiger partial charge in [0, 0.05) is 5.56 Å². The molecule has 2 aliphatic carbocycles. The van der Waals surface area contributed by atoms with Crippen LogP contribution in [0.25, 0.3) is 0 Å². The molecule has 0 aliphatic heterocycles. The fourth-order valence-corrected chi connectivity index (χ4v) is 4.06. The zero-order valence-electron chi connectivity index (χ0n) is 16.6. The molecule has 2 saturated carbocycles. The van der Waals surface area contributed by atoms with Gasteiger partial charge < -0.3 is 15.3 Å². The van der Waals surface area contributed by atoms with Crippen LogP contribution in [-0.4, -0.2) is 15.3 Å². The molecule has 1 aromatic rings. The van der Waals surface area contributed by atoms with Gasteiger partial charge >= 0.3 is 0 Å². The Bertz CT molecular complexity index is 627. The third kappa shape index (κ3) is 5.08. The first-order valence-corrected chi connectivity index (χ1v) is 10.6. The first-order chi connectivity index (χ1) is 12.3. The maximum atomic E-state index is 10.3. The monoisotopic (exact) mass is 360 g/mol. The molecule has 0 aromatic heterocycles. The summed E-state index contributed by atoms with van der Waals surface area (Å²) in [6.07, 6.45) is 15.4. The fraction of sp³-hybridized carbons (Fsp3) is 0.739. The van der Waals surface area contributed by atoms with Crippen LogP contribution >= 0.6 is 0 Å². The van der Waals surface area contributed by atoms with Crippen LogP contribution in [0.4, 0.5) is 0 Å². The standard InChI is InChI=1S/C23H36O3/c1-22(12-13-22)10-6-3-4-8-17-16-19(24)21(26)20(25)18(17)9-5-7-11-23(2)14-15-23/h16,24-26H,3-15H2,1-2H3. The Kier molecular flexibility index (Phi) is 5.74. The number of phenols is 3. The lowest BCUT2D eigenvalue weighted by molar-refractivity contribution is 0.363. The summed E-state index contributed by atoms with van der Waals surface area (Å²) in [5, 5.41) is 30.2. The average molecular weight is 361 g/mol. The molecule has 146 valence electrons. The number of hydrogen-bond acceptors (Lipinski definition) is 3. The van der Waals surface area contributed by atoms with Crippen LogP contribution in [0, 0.1) is 10.8 Å². The number of rotatable bonds is 11. The van der Waals surface area contributed by atoms with Gasteiger partial charge in [-0.05, 0) is 86.7 Å². The zero-order valence-corrected chi connectivity index (χ0v) is 16.6. The Morgan fingerprint density at radius 2 is 1.27 bits per heavy atom. The third-order valence-electron chi connectivity index (χ3n) is 6.84. The van der Waals surface area contributed by atoms with Gasteiger partial charge in [-0.3, -0.25) is 0 Å². The Morgan fingerprint density at radius 3 is 1.85 bits per heavy atom. The van der Waals surface area contributed by atoms with Crippen LogP contribution in [-0.2, 0) is 12.8 Å². The smallest absolute Gasteiger partial charge is 0.200 e. The van der Waals surface area contributed by atoms with E-state index >= 15 is 0 Å². The van der Waals surface area contributed by atoms with Crippen molar-refractivity contribution >= 4 is 0 Å². The number of benzene rings is 1. The Morgan fingerprint density at radius 1 is 0.731 bits per heavy atom. The third-order valence-corrected chi connectivity index (χ3v) is 6.84. The Hall–Kier alpha value is -1.38. The Labute approximate surface area is 158 Å². The van der Waals surface area contributed by atoms with Crippen molar-refractivity contribution in [3.05, 3.63) is 17.2 Å². The molecule has 1 aromatic carbocycles. The van der Waals surface area contributed by atoms with Gasteiger partial charge in [-0.2, -0.15) is 0 Å². The highest BCUT2D eigenvalue weighted by Crippen LogP contribution is 2.50. The van der Waals surface area contributed by atoms with Crippen molar-refractivity contribution in [2.24, 2.45) is 10.8 Å². The summed E-state index contributed by atoms with van der Waals surface area (Å²) in [4.78, 5) is 0. The van der Waals surface area contributed by atoms with Gasteiger partial charge in [-0.1, -0.05) is 33.1 Å². The van der Waals surface area contributed by atoms with E-state index in [9.17, 15) is 15.3 Å². The number of aromatic hydroxyl groups is 3. The van der Waals surface area contributed by atoms with Crippen molar-refractivity contribution < 1.29 is 15.3 Å². The van der Waals surface area contributed by atoms with E-state index in [1.54, 1.807) is 6.07 Å². The SMILES string of the molecule is CC1(CCCCCc2cc(O)c(O)c(O)c2CCCCC2(C)CC2)CC1. The average Bonchev–Trinajstić information content (AvgIpc) is 3.51. The second-order valence-corrected chi connectivity index (χ2v) is 9.62. The largest absolute Gasteiger partial charge is 0.504 e. The van der Waals surface area contributed by atoms with Crippen molar-refractivity contribution in [1.82, 2.24) is 0 Å². The summed E-state index contributed by atoms with van der Waals surface area (Å²) in [6, 6.07) is 1.66. The second kappa shape index (κ2) is 7.70. The fourth-order valence-electron chi connectivity index (χ4n) is 4.06. The minimum atomic E-state index is -0.362. The van der Waals surface area contributed by atoms with Crippen LogP contribution in [0.1, 0.15) is 95.6 Å². The van der Waals surface area contributed by atoms with Gasteiger partial charge in [-0.25, -0.2) is 0 Å². The minimum Gasteiger partial charge on any atom is -0.504 e. The van der Waals surface area contributed by atoms with Crippen LogP contribution < -0.4 is 0 Å². The summed E-state index contributed by atoms with van der Waals surface area (Å²) < 4.78 is 0. The van der Waals surface area contributed by atoms with Crippen molar-refractivity contribution in [3.63, 3.8) is 0 Å². The molecular formula is C23H36O3. The Balaban J connectivity index is 1.51. The molecule has 0 amide bonds. The summed E-state index contributed by atoms with van der Waals surface area (Å²) in [6.45, 7) is 4.73. The van der Waals surface area contributed by atoms with Crippen LogP contribution in [0.15, 0.2) is 6.07 Å². The molecule has 3 heteroatoms. The second-order valence-electron chi connectivity index (χ2n) is 9.62. The minimum absolute atomic E-state index is 0.108. The summed E-state index contributed by atoms with van der Waals surface area (Å²) in [5.74, 6) is -0.667. The number of hydrogen-bond donors (Lipinski definition) is 3. The number of phenolic OH excluding ortho intramolecular Hbond substituents is 3. The van der Waals surface area contributed by atoms with Crippen molar-refractivity contribution in [2.45, 2.75) is 97.3 Å². The predicted molar refractivity (Wildman–Crippen MR) is 106 cm³/mol. The molecule has 0 atom stereocenters. The molecule has 0 saturated heterocycles. The maximum absolute atomic E-state index is 10.3. The molecule has 2 fully saturated rings. The molecule has 0 radical (unpaired) electrons. The van der Waals surface area contributed by atoms with Crippen LogP contribution in [0.2, 0.25) is 0 Å². The van der Waals surface area contributed by atoms with E-state index in [0.717, 1.165) is 43.2 Å². The molecule has 0 unspecified atom stereocenters. The van der Waals surface area contributed by atoms with E-state index in [-0.39, 0.29) is 17.2 Å². The van der Waals surface area contributed by atoms with Crippen LogP contribution in [0.5, 0.6) is 17.2 Å². The maximum Gasteiger partial charge on any atom is 0.200 e. The van der Waals surface area contributed by atoms with Crippen molar-refractivity contribution in [2.75, 3.05) is 0 Å². The molecule has 26 heavy (non-hydrogen) atoms. The number of unbranched alkanes of at least 4 members (excludes halogenated alkanes) is 3. The molecule has 2 aliphatic rings. The van der Waals surface area contributed by atoms with E-state index in [4.69, 9.17) is 0 Å². The lowest BCUT2D eigenvalue weighted by Crippen LogP contribution is -1.99. The van der Waals surface area contributed by atoms with Gasteiger partial charge in [0.25, 0.3) is 0 Å². The first kappa shape index (κ1) is 19.4. The van der Waals surface area contributed by atoms with E-state index < -0.39 is 0 Å². The topological polar surface area (TPSA) is 60.7 Å². The molecule has 0 bridgehead atoms. The normalized spacial score (nSPS) is 19.5. The predicted octanol–water partition coefficient (Wildman–Crippen LogP) is 6.22. The summed E-state index contributed by atoms with van der Waals surface area (Å²) in [7, 11) is 0. The van der Waals surface area contributed by atoms with Gasteiger partial charge in [0.15, 0.2) is 11.5 Å². The molecule has 3 N–H and O–H groups in total. The first-order valence-electron chi connectivity index (χ1n) is 10.6. The van der Waals surface area contributed by atoms with Gasteiger partial charge in [-0.15, -0.1) is 0 Å². The lowest BCUT2D eigenvalue weighted by Gasteiger charge is -2.15. The van der Waals surface area contributed by atoms with E-state index in [1.165, 1.54) is 51.4 Å². The highest BCUT2D eigenvalue weighted by atomic mass is 16.3. The van der Waals surface area contributed by atoms with E-state index in [1.807, 2.05) is 0 Å². The highest BCUT2D eigenvalue weighted by molar-refractivity contribution is 5.57. The van der Waals surface area contributed by atoms with Crippen LogP contribution in [0.3, 0.4) is 0 Å². The summed E-state index contributed by atoms with van der Waals surface area (Å²) >= 11 is 0. The van der Waals surface area contributed by atoms with Gasteiger partial charge in [0.1, 0.15) is 0 Å². The molecule has 0 heterocycles. The lowest BCUT2D eigenvalue weighted by atomic mass is 9.93. The molecular weight excluding hydrogens is 324 g/mol. The quantitative estimate of drug-likeness (QED) is 0.324. The molecule has 3 rings (SSSR count). The van der Waals surface area contributed by atoms with Crippen molar-refractivity contribution in [1.29, 1.82) is 0 Å². The van der Waals surface area contributed by atoms with Crippen molar-refractivity contribution in [3.8, 4) is 17.2 Å². The van der Waals surface area contributed by atoms with Gasteiger partial charge in [0.05, 0.1) is 0 Å². The van der Waals surface area contributed by atoms with E-state index in [2.05, 4.69) is 13.8 Å². The zero-order chi connectivity index (χ0) is 18.8. The number of aryl methyl sites for hydroxylation is 1. The summed E-state index contributed by atoms with van der Waals surface area (Å²) in [5.41, 5.74) is 3.04. The highest BCUT2D eigenvalue weighted by Gasteiger charge is 2.36. The molecule has 3 nitrogen and oxygen atoms in total.